The number of sulfonamides is 1. The molecule has 2 rings (SSSR count). The molecule has 0 saturated heterocycles. The van der Waals surface area contributed by atoms with Crippen LogP contribution in [-0.4, -0.2) is 32.0 Å². The Morgan fingerprint density at radius 1 is 1.05 bits per heavy atom. The van der Waals surface area contributed by atoms with Gasteiger partial charge in [-0.1, -0.05) is 12.1 Å². The Hall–Kier alpha value is -2.35. The van der Waals surface area contributed by atoms with E-state index >= 15 is 0 Å². The van der Waals surface area contributed by atoms with Crippen LogP contribution in [-0.2, 0) is 16.6 Å². The molecule has 0 bridgehead atoms. The van der Waals surface area contributed by atoms with E-state index in [2.05, 4.69) is 20.2 Å². The summed E-state index contributed by atoms with van der Waals surface area (Å²) in [7, 11) is -1.72. The molecule has 21 heavy (non-hydrogen) atoms. The molecule has 7 nitrogen and oxygen atoms in total. The molecule has 0 aliphatic heterocycles. The molecule has 0 amide bonds. The molecule has 0 radical (unpaired) electrons. The minimum atomic E-state index is -3.34. The molecule has 0 spiro atoms. The second-order valence-corrected chi connectivity index (χ2v) is 6.13. The lowest BCUT2D eigenvalue weighted by Crippen LogP contribution is -2.11. The molecule has 2 N–H and O–H groups in total. The number of rotatable bonds is 6. The maximum absolute atomic E-state index is 11.0. The van der Waals surface area contributed by atoms with E-state index in [1.54, 1.807) is 19.2 Å². The van der Waals surface area contributed by atoms with Crippen LogP contribution >= 0.6 is 0 Å². The number of aromatic nitrogens is 2. The van der Waals surface area contributed by atoms with Crippen molar-refractivity contribution in [3.63, 3.8) is 0 Å². The molecule has 0 aliphatic rings. The molecule has 1 aromatic carbocycles. The van der Waals surface area contributed by atoms with Gasteiger partial charge in [0.1, 0.15) is 11.6 Å². The lowest BCUT2D eigenvalue weighted by Gasteiger charge is -2.07. The van der Waals surface area contributed by atoms with Gasteiger partial charge in [-0.25, -0.2) is 8.42 Å². The molecule has 0 atom stereocenters. The van der Waals surface area contributed by atoms with E-state index in [0.29, 0.717) is 12.4 Å². The summed E-state index contributed by atoms with van der Waals surface area (Å²) in [6, 6.07) is 10.8. The van der Waals surface area contributed by atoms with Crippen LogP contribution in [0, 0.1) is 0 Å². The van der Waals surface area contributed by atoms with Crippen molar-refractivity contribution in [1.82, 2.24) is 10.2 Å². The number of ether oxygens (including phenoxy) is 1. The van der Waals surface area contributed by atoms with Crippen LogP contribution < -0.4 is 14.8 Å². The minimum Gasteiger partial charge on any atom is -0.497 e. The van der Waals surface area contributed by atoms with Gasteiger partial charge in [0.05, 0.1) is 13.4 Å². The predicted octanol–water partition coefficient (Wildman–Crippen LogP) is 1.47. The molecule has 112 valence electrons. The second kappa shape index (κ2) is 6.40. The van der Waals surface area contributed by atoms with Crippen molar-refractivity contribution in [2.24, 2.45) is 0 Å². The number of anilines is 2. The second-order valence-electron chi connectivity index (χ2n) is 4.38. The van der Waals surface area contributed by atoms with Crippen LogP contribution in [0.5, 0.6) is 5.75 Å². The van der Waals surface area contributed by atoms with E-state index in [9.17, 15) is 8.42 Å². The largest absolute Gasteiger partial charge is 0.497 e. The van der Waals surface area contributed by atoms with Gasteiger partial charge in [0.2, 0.25) is 10.0 Å². The summed E-state index contributed by atoms with van der Waals surface area (Å²) in [6.07, 6.45) is 1.06. The molecule has 1 aromatic heterocycles. The van der Waals surface area contributed by atoms with Gasteiger partial charge in [0.25, 0.3) is 0 Å². The number of methoxy groups -OCH3 is 1. The van der Waals surface area contributed by atoms with Crippen molar-refractivity contribution >= 4 is 21.7 Å². The van der Waals surface area contributed by atoms with Crippen LogP contribution in [0.2, 0.25) is 0 Å². The van der Waals surface area contributed by atoms with E-state index in [-0.39, 0.29) is 5.82 Å². The minimum absolute atomic E-state index is 0.187. The summed E-state index contributed by atoms with van der Waals surface area (Å²) < 4.78 is 29.4. The highest BCUT2D eigenvalue weighted by atomic mass is 32.2. The molecule has 0 fully saturated rings. The van der Waals surface area contributed by atoms with E-state index in [1.807, 2.05) is 24.3 Å². The van der Waals surface area contributed by atoms with Gasteiger partial charge in [-0.3, -0.25) is 4.72 Å². The summed E-state index contributed by atoms with van der Waals surface area (Å²) in [5.74, 6) is 1.55. The van der Waals surface area contributed by atoms with Crippen molar-refractivity contribution in [2.75, 3.05) is 23.4 Å². The fourth-order valence-corrected chi connectivity index (χ4v) is 2.10. The molecule has 8 heteroatoms. The first-order chi connectivity index (χ1) is 9.96. The van der Waals surface area contributed by atoms with Crippen LogP contribution in [0.4, 0.5) is 11.6 Å². The molecule has 2 aromatic rings. The molecule has 0 saturated carbocycles. The third-order valence-corrected chi connectivity index (χ3v) is 3.17. The quantitative estimate of drug-likeness (QED) is 0.839. The summed E-state index contributed by atoms with van der Waals surface area (Å²) in [4.78, 5) is 0. The summed E-state index contributed by atoms with van der Waals surface area (Å²) >= 11 is 0. The SMILES string of the molecule is COc1ccc(CNc2ccc(NS(C)(=O)=O)nn2)cc1. The maximum atomic E-state index is 11.0. The van der Waals surface area contributed by atoms with Gasteiger partial charge < -0.3 is 10.1 Å². The van der Waals surface area contributed by atoms with Gasteiger partial charge in [0, 0.05) is 6.54 Å². The van der Waals surface area contributed by atoms with Crippen LogP contribution in [0.25, 0.3) is 0 Å². The fourth-order valence-electron chi connectivity index (χ4n) is 1.61. The number of hydrogen-bond acceptors (Lipinski definition) is 6. The zero-order valence-corrected chi connectivity index (χ0v) is 12.5. The van der Waals surface area contributed by atoms with Crippen molar-refractivity contribution in [3.05, 3.63) is 42.0 Å². The lowest BCUT2D eigenvalue weighted by atomic mass is 10.2. The predicted molar refractivity (Wildman–Crippen MR) is 80.8 cm³/mol. The van der Waals surface area contributed by atoms with Crippen molar-refractivity contribution in [2.45, 2.75) is 6.54 Å². The first kappa shape index (κ1) is 15.0. The van der Waals surface area contributed by atoms with Gasteiger partial charge in [0.15, 0.2) is 5.82 Å². The Balaban J connectivity index is 1.94. The van der Waals surface area contributed by atoms with Gasteiger partial charge in [-0.2, -0.15) is 0 Å². The van der Waals surface area contributed by atoms with Gasteiger partial charge in [-0.15, -0.1) is 10.2 Å². The molecule has 0 aliphatic carbocycles. The Morgan fingerprint density at radius 2 is 1.67 bits per heavy atom. The van der Waals surface area contributed by atoms with Gasteiger partial charge in [-0.05, 0) is 29.8 Å². The zero-order chi connectivity index (χ0) is 15.3. The van der Waals surface area contributed by atoms with E-state index < -0.39 is 10.0 Å². The smallest absolute Gasteiger partial charge is 0.231 e. The number of hydrogen-bond donors (Lipinski definition) is 2. The van der Waals surface area contributed by atoms with Crippen molar-refractivity contribution < 1.29 is 13.2 Å². The maximum Gasteiger partial charge on any atom is 0.231 e. The fraction of sp³-hybridized carbons (Fsp3) is 0.231. The normalized spacial score (nSPS) is 11.0. The summed E-state index contributed by atoms with van der Waals surface area (Å²) in [5, 5.41) is 10.8. The topological polar surface area (TPSA) is 93.2 Å². The Kier molecular flexibility index (Phi) is 4.59. The van der Waals surface area contributed by atoms with Crippen LogP contribution in [0.15, 0.2) is 36.4 Å². The number of nitrogens with zero attached hydrogens (tertiary/aromatic N) is 2. The summed E-state index contributed by atoms with van der Waals surface area (Å²) in [5.41, 5.74) is 1.07. The Bertz CT molecular complexity index is 684. The molecular formula is C13H16N4O3S. The van der Waals surface area contributed by atoms with Crippen molar-refractivity contribution in [1.29, 1.82) is 0 Å². The van der Waals surface area contributed by atoms with Gasteiger partial charge >= 0.3 is 0 Å². The Morgan fingerprint density at radius 3 is 2.19 bits per heavy atom. The highest BCUT2D eigenvalue weighted by Gasteiger charge is 2.03. The van der Waals surface area contributed by atoms with Crippen LogP contribution in [0.3, 0.4) is 0 Å². The third kappa shape index (κ3) is 4.92. The molecule has 1 heterocycles. The average Bonchev–Trinajstić information content (AvgIpc) is 2.45. The molecular weight excluding hydrogens is 292 g/mol. The van der Waals surface area contributed by atoms with E-state index in [4.69, 9.17) is 4.74 Å². The highest BCUT2D eigenvalue weighted by molar-refractivity contribution is 7.92. The standard InChI is InChI=1S/C13H16N4O3S/c1-20-11-5-3-10(4-6-11)9-14-12-7-8-13(16-15-12)17-21(2,18)19/h3-8H,9H2,1-2H3,(H,14,15)(H,16,17). The Labute approximate surface area is 123 Å². The lowest BCUT2D eigenvalue weighted by molar-refractivity contribution is 0.414. The summed E-state index contributed by atoms with van der Waals surface area (Å²) in [6.45, 7) is 0.581. The first-order valence-corrected chi connectivity index (χ1v) is 8.04. The molecule has 0 unspecified atom stereocenters. The number of benzene rings is 1. The third-order valence-electron chi connectivity index (χ3n) is 2.59. The number of nitrogens with one attached hydrogen (secondary N) is 2. The van der Waals surface area contributed by atoms with Crippen LogP contribution in [0.1, 0.15) is 5.56 Å². The van der Waals surface area contributed by atoms with E-state index in [1.165, 1.54) is 0 Å². The highest BCUT2D eigenvalue weighted by Crippen LogP contribution is 2.13. The monoisotopic (exact) mass is 308 g/mol. The van der Waals surface area contributed by atoms with Crippen molar-refractivity contribution in [3.8, 4) is 5.75 Å². The first-order valence-electron chi connectivity index (χ1n) is 6.14. The van der Waals surface area contributed by atoms with E-state index in [0.717, 1.165) is 17.6 Å². The zero-order valence-electron chi connectivity index (χ0n) is 11.7. The average molecular weight is 308 g/mol.